The van der Waals surface area contributed by atoms with Crippen LogP contribution in [0.5, 0.6) is 0 Å². The van der Waals surface area contributed by atoms with Crippen LogP contribution < -0.4 is 21.7 Å². The molecular weight excluding hydrogens is 264 g/mol. The molecule has 18 heavy (non-hydrogen) atoms. The second kappa shape index (κ2) is 6.52. The summed E-state index contributed by atoms with van der Waals surface area (Å²) < 4.78 is 0. The summed E-state index contributed by atoms with van der Waals surface area (Å²) in [7, 11) is 0. The van der Waals surface area contributed by atoms with Crippen LogP contribution in [0.2, 0.25) is 0 Å². The van der Waals surface area contributed by atoms with Crippen molar-refractivity contribution in [3.63, 3.8) is 0 Å². The molecule has 0 aromatic rings. The number of hydrogen-bond donors (Lipinski definition) is 4. The van der Waals surface area contributed by atoms with Crippen molar-refractivity contribution in [2.24, 2.45) is 17.1 Å². The molecule has 0 amide bonds. The van der Waals surface area contributed by atoms with Gasteiger partial charge in [-0.15, -0.1) is 0 Å². The van der Waals surface area contributed by atoms with Gasteiger partial charge in [-0.25, -0.2) is 0 Å². The molecule has 0 aromatic heterocycles. The van der Waals surface area contributed by atoms with E-state index in [1.807, 2.05) is 0 Å². The lowest BCUT2D eigenvalue weighted by Crippen LogP contribution is -2.49. The van der Waals surface area contributed by atoms with Gasteiger partial charge in [-0.05, 0) is 55.0 Å². The largest absolute Gasteiger partial charge is 0.376 e. The van der Waals surface area contributed by atoms with Gasteiger partial charge < -0.3 is 21.7 Å². The topological polar surface area (TPSA) is 62.1 Å². The molecule has 1 rings (SSSR count). The van der Waals surface area contributed by atoms with Crippen molar-refractivity contribution in [2.45, 2.75) is 46.1 Å². The van der Waals surface area contributed by atoms with E-state index in [0.717, 1.165) is 12.3 Å². The summed E-state index contributed by atoms with van der Waals surface area (Å²) in [5, 5.41) is 10.2. The first-order chi connectivity index (χ1) is 8.28. The van der Waals surface area contributed by atoms with Gasteiger partial charge in [0, 0.05) is 6.04 Å². The van der Waals surface area contributed by atoms with Gasteiger partial charge in [0.15, 0.2) is 10.2 Å². The van der Waals surface area contributed by atoms with E-state index < -0.39 is 0 Å². The maximum Gasteiger partial charge on any atom is 0.167 e. The van der Waals surface area contributed by atoms with E-state index in [9.17, 15) is 0 Å². The summed E-state index contributed by atoms with van der Waals surface area (Å²) in [6.45, 7) is 7.41. The summed E-state index contributed by atoms with van der Waals surface area (Å²) in [6, 6.07) is 0.452. The molecule has 0 saturated heterocycles. The van der Waals surface area contributed by atoms with Gasteiger partial charge in [0.2, 0.25) is 0 Å². The van der Waals surface area contributed by atoms with Gasteiger partial charge in [-0.1, -0.05) is 20.8 Å². The summed E-state index contributed by atoms with van der Waals surface area (Å²) in [4.78, 5) is 0. The zero-order chi connectivity index (χ0) is 13.8. The molecule has 0 spiro atoms. The number of nitrogens with two attached hydrogens (primary N) is 1. The molecule has 6 heteroatoms. The van der Waals surface area contributed by atoms with Crippen molar-refractivity contribution in [1.82, 2.24) is 16.0 Å². The Hall–Kier alpha value is -0.620. The fourth-order valence-corrected chi connectivity index (χ4v) is 3.22. The van der Waals surface area contributed by atoms with Crippen molar-refractivity contribution in [2.75, 3.05) is 6.67 Å². The molecule has 0 heterocycles. The Kier molecular flexibility index (Phi) is 5.59. The molecule has 1 saturated carbocycles. The average molecular weight is 288 g/mol. The zero-order valence-corrected chi connectivity index (χ0v) is 13.0. The second-order valence-electron chi connectivity index (χ2n) is 5.98. The van der Waals surface area contributed by atoms with Crippen molar-refractivity contribution in [3.05, 3.63) is 0 Å². The van der Waals surface area contributed by atoms with E-state index in [4.69, 9.17) is 30.2 Å². The average Bonchev–Trinajstić information content (AvgIpc) is 2.12. The van der Waals surface area contributed by atoms with Gasteiger partial charge in [-0.3, -0.25) is 0 Å². The fraction of sp³-hybridized carbons (Fsp3) is 0.833. The van der Waals surface area contributed by atoms with Crippen LogP contribution in [-0.4, -0.2) is 22.9 Å². The third-order valence-corrected chi connectivity index (χ3v) is 3.64. The lowest BCUT2D eigenvalue weighted by molar-refractivity contribution is 0.161. The minimum atomic E-state index is 0.276. The Labute approximate surface area is 120 Å². The maximum absolute atomic E-state index is 5.33. The summed E-state index contributed by atoms with van der Waals surface area (Å²) in [5.74, 6) is 0.740. The predicted octanol–water partition coefficient (Wildman–Crippen LogP) is 1.46. The van der Waals surface area contributed by atoms with Crippen LogP contribution in [0, 0.1) is 11.3 Å². The van der Waals surface area contributed by atoms with Crippen LogP contribution in [0.4, 0.5) is 0 Å². The third kappa shape index (κ3) is 5.82. The number of hydrogen-bond acceptors (Lipinski definition) is 2. The summed E-state index contributed by atoms with van der Waals surface area (Å²) in [6.07, 6.45) is 3.62. The van der Waals surface area contributed by atoms with Gasteiger partial charge in [0.05, 0.1) is 6.67 Å². The van der Waals surface area contributed by atoms with Crippen molar-refractivity contribution < 1.29 is 0 Å². The molecule has 1 aliphatic rings. The Morgan fingerprint density at radius 3 is 2.50 bits per heavy atom. The van der Waals surface area contributed by atoms with Crippen LogP contribution in [0.3, 0.4) is 0 Å². The van der Waals surface area contributed by atoms with E-state index in [2.05, 4.69) is 36.7 Å². The minimum absolute atomic E-state index is 0.276. The smallest absolute Gasteiger partial charge is 0.167 e. The van der Waals surface area contributed by atoms with Crippen LogP contribution >= 0.6 is 24.4 Å². The highest BCUT2D eigenvalue weighted by Crippen LogP contribution is 2.38. The normalized spacial score (nSPS) is 26.2. The number of thiocarbonyl (C=S) groups is 2. The lowest BCUT2D eigenvalue weighted by Gasteiger charge is -2.39. The van der Waals surface area contributed by atoms with Gasteiger partial charge in [0.25, 0.3) is 0 Å². The van der Waals surface area contributed by atoms with Crippen LogP contribution in [0.1, 0.15) is 40.0 Å². The Morgan fingerprint density at radius 1 is 1.28 bits per heavy atom. The third-order valence-electron chi connectivity index (χ3n) is 3.23. The van der Waals surface area contributed by atoms with E-state index in [-0.39, 0.29) is 5.11 Å². The molecule has 4 nitrogen and oxygen atoms in total. The van der Waals surface area contributed by atoms with E-state index in [1.54, 1.807) is 0 Å². The van der Waals surface area contributed by atoms with Crippen molar-refractivity contribution in [1.29, 1.82) is 0 Å². The first kappa shape index (κ1) is 15.4. The van der Waals surface area contributed by atoms with E-state index in [0.29, 0.717) is 23.2 Å². The van der Waals surface area contributed by atoms with Crippen LogP contribution in [0.15, 0.2) is 0 Å². The molecule has 5 N–H and O–H groups in total. The maximum atomic E-state index is 5.33. The van der Waals surface area contributed by atoms with E-state index in [1.165, 1.54) is 12.8 Å². The van der Waals surface area contributed by atoms with Gasteiger partial charge >= 0.3 is 0 Å². The minimum Gasteiger partial charge on any atom is -0.376 e. The van der Waals surface area contributed by atoms with Crippen molar-refractivity contribution >= 4 is 34.7 Å². The molecule has 104 valence electrons. The zero-order valence-electron chi connectivity index (χ0n) is 11.4. The molecule has 1 aliphatic carbocycles. The molecule has 0 bridgehead atoms. The molecule has 2 atom stereocenters. The number of rotatable bonds is 3. The molecule has 2 unspecified atom stereocenters. The molecule has 0 radical (unpaired) electrons. The standard InChI is InChI=1S/C12H24N4S2/c1-8-4-9(6-12(2,3)5-8)16-11(18)15-7-14-10(13)17/h8-9H,4-7H2,1-3H3,(H3,13,14,17)(H2,15,16,18). The lowest BCUT2D eigenvalue weighted by atomic mass is 9.71. The first-order valence-electron chi connectivity index (χ1n) is 6.36. The Bertz CT molecular complexity index is 317. The first-order valence-corrected chi connectivity index (χ1v) is 7.18. The molecule has 1 fully saturated rings. The Balaban J connectivity index is 2.33. The second-order valence-corrected chi connectivity index (χ2v) is 6.83. The highest BCUT2D eigenvalue weighted by molar-refractivity contribution is 7.80. The summed E-state index contributed by atoms with van der Waals surface area (Å²) in [5.41, 5.74) is 5.72. The highest BCUT2D eigenvalue weighted by Gasteiger charge is 2.32. The number of nitrogens with one attached hydrogen (secondary N) is 3. The molecule has 0 aliphatic heterocycles. The van der Waals surface area contributed by atoms with Crippen molar-refractivity contribution in [3.8, 4) is 0 Å². The Morgan fingerprint density at radius 2 is 1.94 bits per heavy atom. The fourth-order valence-electron chi connectivity index (χ4n) is 2.90. The molecule has 0 aromatic carbocycles. The van der Waals surface area contributed by atoms with Crippen LogP contribution in [0.25, 0.3) is 0 Å². The van der Waals surface area contributed by atoms with Crippen LogP contribution in [-0.2, 0) is 0 Å². The van der Waals surface area contributed by atoms with Gasteiger partial charge in [-0.2, -0.15) is 0 Å². The predicted molar refractivity (Wildman–Crippen MR) is 84.2 cm³/mol. The van der Waals surface area contributed by atoms with E-state index >= 15 is 0 Å². The monoisotopic (exact) mass is 288 g/mol. The van der Waals surface area contributed by atoms with Gasteiger partial charge in [0.1, 0.15) is 0 Å². The molecular formula is C12H24N4S2. The SMILES string of the molecule is CC1CC(NC(=S)NCNC(N)=S)CC(C)(C)C1. The highest BCUT2D eigenvalue weighted by atomic mass is 32.1. The quantitative estimate of drug-likeness (QED) is 0.466. The summed E-state index contributed by atoms with van der Waals surface area (Å²) >= 11 is 9.97.